The van der Waals surface area contributed by atoms with Crippen LogP contribution in [0.25, 0.3) is 10.9 Å². The second kappa shape index (κ2) is 8.82. The molecular formula is C21H21N5O2. The second-order valence-corrected chi connectivity index (χ2v) is 6.47. The van der Waals surface area contributed by atoms with Crippen molar-refractivity contribution in [2.45, 2.75) is 31.8 Å². The van der Waals surface area contributed by atoms with Crippen LogP contribution in [-0.4, -0.2) is 27.6 Å². The van der Waals surface area contributed by atoms with Crippen LogP contribution in [0.2, 0.25) is 0 Å². The van der Waals surface area contributed by atoms with E-state index in [1.54, 1.807) is 4.68 Å². The number of para-hydroxylation sites is 1. The minimum absolute atomic E-state index is 0.242. The fourth-order valence-electron chi connectivity index (χ4n) is 3.07. The van der Waals surface area contributed by atoms with Crippen LogP contribution in [0.4, 0.5) is 0 Å². The van der Waals surface area contributed by atoms with E-state index in [9.17, 15) is 9.59 Å². The highest BCUT2D eigenvalue weighted by atomic mass is 16.2. The Bertz CT molecular complexity index is 1020. The second-order valence-electron chi connectivity index (χ2n) is 6.47. The summed E-state index contributed by atoms with van der Waals surface area (Å²) in [6.45, 7) is 0.532. The zero-order chi connectivity index (χ0) is 19.9. The number of nitrogens with two attached hydrogens (primary N) is 1. The maximum absolute atomic E-state index is 12.9. The van der Waals surface area contributed by atoms with E-state index in [4.69, 9.17) is 11.0 Å². The van der Waals surface area contributed by atoms with Crippen molar-refractivity contribution >= 4 is 22.7 Å². The molecule has 2 aromatic carbocycles. The van der Waals surface area contributed by atoms with Crippen LogP contribution in [0.15, 0.2) is 54.6 Å². The molecule has 3 rings (SSSR count). The van der Waals surface area contributed by atoms with E-state index in [0.29, 0.717) is 31.2 Å². The van der Waals surface area contributed by atoms with E-state index in [-0.39, 0.29) is 5.69 Å². The Labute approximate surface area is 162 Å². The number of fused-ring (bicyclic) bond motifs is 1. The van der Waals surface area contributed by atoms with E-state index in [0.717, 1.165) is 11.1 Å². The number of hydrogen-bond acceptors (Lipinski definition) is 4. The average molecular weight is 375 g/mol. The Balaban J connectivity index is 1.83. The van der Waals surface area contributed by atoms with E-state index >= 15 is 0 Å². The maximum atomic E-state index is 12.9. The first kappa shape index (κ1) is 19.1. The number of carbonyl (C=O) groups excluding carboxylic acids is 2. The van der Waals surface area contributed by atoms with Crippen LogP contribution < -0.4 is 11.1 Å². The monoisotopic (exact) mass is 375 g/mol. The molecule has 0 aliphatic heterocycles. The topological polar surface area (TPSA) is 114 Å². The van der Waals surface area contributed by atoms with Gasteiger partial charge in [-0.2, -0.15) is 10.4 Å². The van der Waals surface area contributed by atoms with Crippen molar-refractivity contribution in [3.05, 3.63) is 65.9 Å². The van der Waals surface area contributed by atoms with E-state index in [1.807, 2.05) is 54.6 Å². The molecule has 1 atom stereocenters. The standard InChI is InChI=1S/C21H21N5O2/c22-12-6-7-13-26-18-11-5-4-10-16(18)19(25-26)21(28)24-17(20(23)27)14-15-8-2-1-3-9-15/h1-5,8-11,17H,6-7,13-14H2,(H2,23,27)(H,24,28)/t17-/m0/s1. The lowest BCUT2D eigenvalue weighted by Gasteiger charge is -2.15. The predicted octanol–water partition coefficient (Wildman–Crippen LogP) is 2.17. The third-order valence-electron chi connectivity index (χ3n) is 4.46. The van der Waals surface area contributed by atoms with E-state index in [2.05, 4.69) is 16.5 Å². The summed E-state index contributed by atoms with van der Waals surface area (Å²) >= 11 is 0. The van der Waals surface area contributed by atoms with E-state index in [1.165, 1.54) is 0 Å². The van der Waals surface area contributed by atoms with Gasteiger partial charge in [-0.15, -0.1) is 0 Å². The first-order valence-electron chi connectivity index (χ1n) is 9.06. The molecule has 28 heavy (non-hydrogen) atoms. The van der Waals surface area contributed by atoms with Crippen molar-refractivity contribution in [3.63, 3.8) is 0 Å². The molecule has 0 spiro atoms. The van der Waals surface area contributed by atoms with Gasteiger partial charge < -0.3 is 11.1 Å². The van der Waals surface area contributed by atoms with Gasteiger partial charge in [0.05, 0.1) is 11.6 Å². The van der Waals surface area contributed by atoms with Crippen LogP contribution >= 0.6 is 0 Å². The molecule has 1 aromatic heterocycles. The molecule has 0 unspecified atom stereocenters. The number of rotatable bonds is 8. The minimum atomic E-state index is -0.836. The maximum Gasteiger partial charge on any atom is 0.273 e. The molecule has 0 aliphatic carbocycles. The SMILES string of the molecule is N#CCCCn1nc(C(=O)N[C@@H](Cc2ccccc2)C(N)=O)c2ccccc21. The highest BCUT2D eigenvalue weighted by molar-refractivity contribution is 6.06. The molecule has 142 valence electrons. The Hall–Kier alpha value is -3.66. The normalized spacial score (nSPS) is 11.7. The van der Waals surface area contributed by atoms with Crippen LogP contribution in [0.3, 0.4) is 0 Å². The summed E-state index contributed by atoms with van der Waals surface area (Å²) in [6, 6.07) is 18.0. The van der Waals surface area contributed by atoms with Crippen molar-refractivity contribution < 1.29 is 9.59 Å². The number of nitrogens with zero attached hydrogens (tertiary/aromatic N) is 3. The number of nitrogens with one attached hydrogen (secondary N) is 1. The molecular weight excluding hydrogens is 354 g/mol. The molecule has 0 fully saturated rings. The Morgan fingerprint density at radius 3 is 2.57 bits per heavy atom. The first-order valence-corrected chi connectivity index (χ1v) is 9.06. The van der Waals surface area contributed by atoms with Gasteiger partial charge in [0.25, 0.3) is 5.91 Å². The summed E-state index contributed by atoms with van der Waals surface area (Å²) in [6.07, 6.45) is 1.36. The average Bonchev–Trinajstić information content (AvgIpc) is 3.07. The number of aryl methyl sites for hydroxylation is 1. The molecule has 7 nitrogen and oxygen atoms in total. The molecule has 0 radical (unpaired) electrons. The Morgan fingerprint density at radius 1 is 1.14 bits per heavy atom. The summed E-state index contributed by atoms with van der Waals surface area (Å²) in [4.78, 5) is 24.7. The highest BCUT2D eigenvalue weighted by Gasteiger charge is 2.23. The van der Waals surface area contributed by atoms with Gasteiger partial charge in [-0.05, 0) is 18.1 Å². The number of benzene rings is 2. The molecule has 3 aromatic rings. The van der Waals surface area contributed by atoms with Crippen molar-refractivity contribution in [1.29, 1.82) is 5.26 Å². The van der Waals surface area contributed by atoms with Crippen LogP contribution in [0.5, 0.6) is 0 Å². The molecule has 0 aliphatic rings. The summed E-state index contributed by atoms with van der Waals surface area (Å²) in [5, 5.41) is 16.6. The minimum Gasteiger partial charge on any atom is -0.368 e. The van der Waals surface area contributed by atoms with Crippen molar-refractivity contribution in [3.8, 4) is 6.07 Å². The molecule has 0 saturated heterocycles. The quantitative estimate of drug-likeness (QED) is 0.587. The third-order valence-corrected chi connectivity index (χ3v) is 4.46. The number of carbonyl (C=O) groups is 2. The van der Waals surface area contributed by atoms with Crippen molar-refractivity contribution in [1.82, 2.24) is 15.1 Å². The number of unbranched alkanes of at least 4 members (excludes halogenated alkanes) is 1. The van der Waals surface area contributed by atoms with Crippen LogP contribution in [0, 0.1) is 11.3 Å². The predicted molar refractivity (Wildman–Crippen MR) is 105 cm³/mol. The largest absolute Gasteiger partial charge is 0.368 e. The van der Waals surface area contributed by atoms with Gasteiger partial charge in [0.15, 0.2) is 5.69 Å². The van der Waals surface area contributed by atoms with Gasteiger partial charge in [-0.3, -0.25) is 14.3 Å². The summed E-state index contributed by atoms with van der Waals surface area (Å²) in [5.41, 5.74) is 7.45. The zero-order valence-corrected chi connectivity index (χ0v) is 15.3. The molecule has 3 N–H and O–H groups in total. The Morgan fingerprint density at radius 2 is 1.86 bits per heavy atom. The van der Waals surface area contributed by atoms with Gasteiger partial charge in [0.2, 0.25) is 5.91 Å². The number of amides is 2. The molecule has 0 bridgehead atoms. The lowest BCUT2D eigenvalue weighted by Crippen LogP contribution is -2.46. The van der Waals surface area contributed by atoms with Crippen molar-refractivity contribution in [2.24, 2.45) is 5.73 Å². The molecule has 2 amide bonds. The van der Waals surface area contributed by atoms with E-state index < -0.39 is 17.9 Å². The van der Waals surface area contributed by atoms with Gasteiger partial charge >= 0.3 is 0 Å². The fraction of sp³-hybridized carbons (Fsp3) is 0.238. The fourth-order valence-corrected chi connectivity index (χ4v) is 3.07. The lowest BCUT2D eigenvalue weighted by atomic mass is 10.1. The Kier molecular flexibility index (Phi) is 6.02. The van der Waals surface area contributed by atoms with Gasteiger partial charge in [-0.25, -0.2) is 0 Å². The molecule has 0 saturated carbocycles. The number of nitriles is 1. The number of hydrogen-bond donors (Lipinski definition) is 2. The van der Waals surface area contributed by atoms with Gasteiger partial charge in [0.1, 0.15) is 6.04 Å². The highest BCUT2D eigenvalue weighted by Crippen LogP contribution is 2.19. The third kappa shape index (κ3) is 4.35. The van der Waals surface area contributed by atoms with Crippen LogP contribution in [0.1, 0.15) is 28.9 Å². The van der Waals surface area contributed by atoms with Crippen LogP contribution in [-0.2, 0) is 17.8 Å². The van der Waals surface area contributed by atoms with Gasteiger partial charge in [0, 0.05) is 24.8 Å². The molecule has 1 heterocycles. The number of primary amides is 1. The summed E-state index contributed by atoms with van der Waals surface area (Å²) in [7, 11) is 0. The first-order chi connectivity index (χ1) is 13.6. The van der Waals surface area contributed by atoms with Crippen molar-refractivity contribution in [2.75, 3.05) is 0 Å². The smallest absolute Gasteiger partial charge is 0.273 e. The summed E-state index contributed by atoms with van der Waals surface area (Å²) < 4.78 is 1.72. The summed E-state index contributed by atoms with van der Waals surface area (Å²) in [5.74, 6) is -1.05. The van der Waals surface area contributed by atoms with Gasteiger partial charge in [-0.1, -0.05) is 48.5 Å². The molecule has 7 heteroatoms. The lowest BCUT2D eigenvalue weighted by molar-refractivity contribution is -0.119. The zero-order valence-electron chi connectivity index (χ0n) is 15.3. The number of aromatic nitrogens is 2.